The number of benzene rings is 1. The number of anilines is 1. The molecule has 1 N–H and O–H groups in total. The van der Waals surface area contributed by atoms with Crippen LogP contribution in [-0.4, -0.2) is 16.6 Å². The third-order valence-electron chi connectivity index (χ3n) is 2.69. The van der Waals surface area contributed by atoms with E-state index in [1.54, 1.807) is 11.3 Å². The third kappa shape index (κ3) is 4.08. The van der Waals surface area contributed by atoms with Crippen LogP contribution in [0.3, 0.4) is 0 Å². The van der Waals surface area contributed by atoms with Crippen LogP contribution in [0.1, 0.15) is 22.6 Å². The van der Waals surface area contributed by atoms with Crippen molar-refractivity contribution in [2.75, 3.05) is 11.1 Å². The summed E-state index contributed by atoms with van der Waals surface area (Å²) in [5, 5.41) is 3.49. The number of nitrogens with zero attached hydrogens (tertiary/aromatic N) is 1. The van der Waals surface area contributed by atoms with Gasteiger partial charge in [0.05, 0.1) is 5.69 Å². The van der Waals surface area contributed by atoms with E-state index in [1.807, 2.05) is 25.1 Å². The van der Waals surface area contributed by atoms with E-state index in [0.29, 0.717) is 17.3 Å². The molecular formula is C14H16N2OS2. The van der Waals surface area contributed by atoms with Crippen molar-refractivity contribution >= 4 is 35.0 Å². The SMILES string of the molecule is Cc1nc(NC(=O)CCS)sc1Cc1ccccc1. The van der Waals surface area contributed by atoms with Gasteiger partial charge in [-0.1, -0.05) is 30.3 Å². The average molecular weight is 292 g/mol. The van der Waals surface area contributed by atoms with Crippen LogP contribution in [0.25, 0.3) is 0 Å². The highest BCUT2D eigenvalue weighted by Crippen LogP contribution is 2.25. The third-order valence-corrected chi connectivity index (χ3v) is 3.98. The maximum Gasteiger partial charge on any atom is 0.226 e. The second-order valence-corrected chi connectivity index (χ2v) is 5.74. The number of thiazole rings is 1. The fraction of sp³-hybridized carbons (Fsp3) is 0.286. The Morgan fingerprint density at radius 2 is 2.11 bits per heavy atom. The summed E-state index contributed by atoms with van der Waals surface area (Å²) < 4.78 is 0. The van der Waals surface area contributed by atoms with E-state index >= 15 is 0 Å². The van der Waals surface area contributed by atoms with E-state index in [-0.39, 0.29) is 5.91 Å². The quantitative estimate of drug-likeness (QED) is 0.830. The van der Waals surface area contributed by atoms with Crippen LogP contribution in [0.15, 0.2) is 30.3 Å². The smallest absolute Gasteiger partial charge is 0.226 e. The number of aryl methyl sites for hydroxylation is 1. The number of carbonyl (C=O) groups excluding carboxylic acids is 1. The normalized spacial score (nSPS) is 10.4. The monoisotopic (exact) mass is 292 g/mol. The van der Waals surface area contributed by atoms with Gasteiger partial charge in [-0.05, 0) is 18.2 Å². The zero-order valence-corrected chi connectivity index (χ0v) is 12.4. The number of rotatable bonds is 5. The Hall–Kier alpha value is -1.33. The summed E-state index contributed by atoms with van der Waals surface area (Å²) in [5.41, 5.74) is 2.23. The molecule has 0 saturated carbocycles. The van der Waals surface area contributed by atoms with Gasteiger partial charge in [0.1, 0.15) is 0 Å². The lowest BCUT2D eigenvalue weighted by atomic mass is 10.1. The van der Waals surface area contributed by atoms with Crippen LogP contribution < -0.4 is 5.32 Å². The molecule has 0 radical (unpaired) electrons. The first-order valence-electron chi connectivity index (χ1n) is 6.10. The molecule has 2 aromatic rings. The van der Waals surface area contributed by atoms with Crippen molar-refractivity contribution in [1.29, 1.82) is 0 Å². The molecular weight excluding hydrogens is 276 g/mol. The van der Waals surface area contributed by atoms with Gasteiger partial charge in [0.15, 0.2) is 5.13 Å². The van der Waals surface area contributed by atoms with Gasteiger partial charge < -0.3 is 5.32 Å². The van der Waals surface area contributed by atoms with E-state index in [9.17, 15) is 4.79 Å². The van der Waals surface area contributed by atoms with Gasteiger partial charge in [0.2, 0.25) is 5.91 Å². The van der Waals surface area contributed by atoms with Crippen LogP contribution in [0.4, 0.5) is 5.13 Å². The molecule has 1 aromatic carbocycles. The predicted octanol–water partition coefficient (Wildman–Crippen LogP) is 3.30. The summed E-state index contributed by atoms with van der Waals surface area (Å²) in [7, 11) is 0. The molecule has 1 heterocycles. The average Bonchev–Trinajstić information content (AvgIpc) is 2.71. The Labute approximate surface area is 122 Å². The lowest BCUT2D eigenvalue weighted by Gasteiger charge is -1.99. The van der Waals surface area contributed by atoms with Crippen molar-refractivity contribution in [1.82, 2.24) is 4.98 Å². The highest BCUT2D eigenvalue weighted by atomic mass is 32.1. The molecule has 0 fully saturated rings. The molecule has 5 heteroatoms. The minimum Gasteiger partial charge on any atom is -0.302 e. The van der Waals surface area contributed by atoms with Gasteiger partial charge in [-0.25, -0.2) is 4.98 Å². The van der Waals surface area contributed by atoms with E-state index in [2.05, 4.69) is 35.1 Å². The molecule has 0 bridgehead atoms. The van der Waals surface area contributed by atoms with Gasteiger partial charge in [0.25, 0.3) is 0 Å². The van der Waals surface area contributed by atoms with Gasteiger partial charge >= 0.3 is 0 Å². The van der Waals surface area contributed by atoms with Gasteiger partial charge in [-0.2, -0.15) is 12.6 Å². The Morgan fingerprint density at radius 1 is 1.37 bits per heavy atom. The predicted molar refractivity (Wildman–Crippen MR) is 83.2 cm³/mol. The molecule has 0 saturated heterocycles. The lowest BCUT2D eigenvalue weighted by Crippen LogP contribution is -2.11. The number of nitrogens with one attached hydrogen (secondary N) is 1. The Bertz CT molecular complexity index is 552. The Morgan fingerprint density at radius 3 is 2.79 bits per heavy atom. The summed E-state index contributed by atoms with van der Waals surface area (Å²) in [6, 6.07) is 10.3. The summed E-state index contributed by atoms with van der Waals surface area (Å²) in [6.45, 7) is 1.98. The second kappa shape index (κ2) is 6.73. The number of hydrogen-bond donors (Lipinski definition) is 2. The molecule has 0 unspecified atom stereocenters. The fourth-order valence-corrected chi connectivity index (χ4v) is 2.93. The second-order valence-electron chi connectivity index (χ2n) is 4.21. The number of carbonyl (C=O) groups is 1. The molecule has 1 amide bonds. The maximum atomic E-state index is 11.5. The minimum atomic E-state index is -0.0324. The van der Waals surface area contributed by atoms with E-state index in [4.69, 9.17) is 0 Å². The number of hydrogen-bond acceptors (Lipinski definition) is 4. The summed E-state index contributed by atoms with van der Waals surface area (Å²) in [5.74, 6) is 0.516. The lowest BCUT2D eigenvalue weighted by molar-refractivity contribution is -0.115. The molecule has 0 spiro atoms. The molecule has 2 rings (SSSR count). The standard InChI is InChI=1S/C14H16N2OS2/c1-10-12(9-11-5-3-2-4-6-11)19-14(15-10)16-13(17)7-8-18/h2-6,18H,7-9H2,1H3,(H,15,16,17). The van der Waals surface area contributed by atoms with Crippen molar-refractivity contribution in [2.24, 2.45) is 0 Å². The van der Waals surface area contributed by atoms with Crippen LogP contribution in [0.5, 0.6) is 0 Å². The molecule has 0 aliphatic rings. The van der Waals surface area contributed by atoms with Crippen LogP contribution in [-0.2, 0) is 11.2 Å². The number of aromatic nitrogens is 1. The molecule has 0 atom stereocenters. The van der Waals surface area contributed by atoms with Crippen molar-refractivity contribution in [3.05, 3.63) is 46.5 Å². The maximum absolute atomic E-state index is 11.5. The minimum absolute atomic E-state index is 0.0324. The molecule has 3 nitrogen and oxygen atoms in total. The summed E-state index contributed by atoms with van der Waals surface area (Å²) in [4.78, 5) is 17.1. The highest BCUT2D eigenvalue weighted by molar-refractivity contribution is 7.80. The summed E-state index contributed by atoms with van der Waals surface area (Å²) in [6.07, 6.45) is 1.27. The first kappa shape index (κ1) is 14.1. The zero-order valence-electron chi connectivity index (χ0n) is 10.7. The van der Waals surface area contributed by atoms with Gasteiger partial charge in [0, 0.05) is 17.7 Å². The number of thiol groups is 1. The molecule has 0 aliphatic heterocycles. The van der Waals surface area contributed by atoms with Crippen LogP contribution >= 0.6 is 24.0 Å². The van der Waals surface area contributed by atoms with Gasteiger partial charge in [-0.15, -0.1) is 11.3 Å². The van der Waals surface area contributed by atoms with Gasteiger partial charge in [-0.3, -0.25) is 4.79 Å². The molecule has 19 heavy (non-hydrogen) atoms. The topological polar surface area (TPSA) is 42.0 Å². The van der Waals surface area contributed by atoms with Crippen molar-refractivity contribution in [2.45, 2.75) is 19.8 Å². The fourth-order valence-electron chi connectivity index (χ4n) is 1.71. The number of amides is 1. The first-order chi connectivity index (χ1) is 9.19. The summed E-state index contributed by atoms with van der Waals surface area (Å²) >= 11 is 5.58. The molecule has 0 aliphatic carbocycles. The molecule has 1 aromatic heterocycles. The highest BCUT2D eigenvalue weighted by Gasteiger charge is 2.10. The largest absolute Gasteiger partial charge is 0.302 e. The Kier molecular flexibility index (Phi) is 4.99. The van der Waals surface area contributed by atoms with E-state index in [1.165, 1.54) is 10.4 Å². The van der Waals surface area contributed by atoms with Crippen LogP contribution in [0, 0.1) is 6.92 Å². The first-order valence-corrected chi connectivity index (χ1v) is 7.55. The zero-order chi connectivity index (χ0) is 13.7. The van der Waals surface area contributed by atoms with Crippen LogP contribution in [0.2, 0.25) is 0 Å². The van der Waals surface area contributed by atoms with Crippen molar-refractivity contribution in [3.63, 3.8) is 0 Å². The van der Waals surface area contributed by atoms with Crippen molar-refractivity contribution < 1.29 is 4.79 Å². The van der Waals surface area contributed by atoms with E-state index in [0.717, 1.165) is 12.1 Å². The van der Waals surface area contributed by atoms with E-state index < -0.39 is 0 Å². The molecule has 100 valence electrons. The Balaban J connectivity index is 2.07. The van der Waals surface area contributed by atoms with Crippen molar-refractivity contribution in [3.8, 4) is 0 Å².